The molecule has 0 saturated carbocycles. The molecule has 0 aromatic heterocycles. The maximum atomic E-state index is 4.48. The molecule has 1 heterocycles. The van der Waals surface area contributed by atoms with Crippen LogP contribution in [-0.4, -0.2) is 18.4 Å². The smallest absolute Gasteiger partial charge is 0.118 e. The van der Waals surface area contributed by atoms with Crippen LogP contribution in [0, 0.1) is 5.92 Å². The van der Waals surface area contributed by atoms with Crippen molar-refractivity contribution in [2.45, 2.75) is 19.4 Å². The Morgan fingerprint density at radius 1 is 1.69 bits per heavy atom. The number of rotatable bonds is 3. The minimum absolute atomic E-state index is 0.430. The second kappa shape index (κ2) is 3.34. The fraction of sp³-hybridized carbons (Fsp3) is 0.500. The van der Waals surface area contributed by atoms with Gasteiger partial charge >= 0.3 is 0 Å². The fourth-order valence-electron chi connectivity index (χ4n) is 1.66. The summed E-state index contributed by atoms with van der Waals surface area (Å²) in [6.45, 7) is 6.60. The van der Waals surface area contributed by atoms with Crippen LogP contribution in [0.15, 0.2) is 29.3 Å². The van der Waals surface area contributed by atoms with Crippen molar-refractivity contribution in [3.8, 4) is 0 Å². The Labute approximate surface area is 78.6 Å². The monoisotopic (exact) mass is 177 g/mol. The first kappa shape index (κ1) is 8.51. The van der Waals surface area contributed by atoms with Gasteiger partial charge in [0.15, 0.2) is 0 Å². The zero-order valence-corrected chi connectivity index (χ0v) is 7.88. The van der Waals surface area contributed by atoms with Crippen LogP contribution in [0.3, 0.4) is 0 Å². The lowest BCUT2D eigenvalue weighted by molar-refractivity contribution is 0.675. The predicted molar refractivity (Wildman–Crippen MR) is 54.4 cm³/mol. The number of hydrazine groups is 1. The molecule has 2 N–H and O–H groups in total. The first-order valence-corrected chi connectivity index (χ1v) is 4.65. The van der Waals surface area contributed by atoms with Crippen molar-refractivity contribution in [1.82, 2.24) is 10.9 Å². The fourth-order valence-corrected chi connectivity index (χ4v) is 1.66. The number of dihydropyridines is 1. The van der Waals surface area contributed by atoms with Crippen molar-refractivity contribution >= 4 is 5.84 Å². The molecule has 2 bridgehead atoms. The molecule has 0 aromatic carbocycles. The Balaban J connectivity index is 1.78. The highest BCUT2D eigenvalue weighted by atomic mass is 15.4. The van der Waals surface area contributed by atoms with Gasteiger partial charge in [0.2, 0.25) is 0 Å². The van der Waals surface area contributed by atoms with Crippen molar-refractivity contribution in [3.63, 3.8) is 0 Å². The zero-order chi connectivity index (χ0) is 9.26. The molecule has 70 valence electrons. The second-order valence-electron chi connectivity index (χ2n) is 3.74. The molecule has 2 aliphatic rings. The Hall–Kier alpha value is -1.09. The first-order chi connectivity index (χ1) is 6.25. The Morgan fingerprint density at radius 3 is 3.08 bits per heavy atom. The zero-order valence-electron chi connectivity index (χ0n) is 7.88. The van der Waals surface area contributed by atoms with Gasteiger partial charge in [-0.05, 0) is 13.3 Å². The molecule has 3 heteroatoms. The highest BCUT2D eigenvalue weighted by Gasteiger charge is 2.29. The number of nitrogens with one attached hydrogen (secondary N) is 2. The van der Waals surface area contributed by atoms with Gasteiger partial charge in [0, 0.05) is 12.5 Å². The lowest BCUT2D eigenvalue weighted by atomic mass is 10.1. The van der Waals surface area contributed by atoms with Crippen LogP contribution >= 0.6 is 0 Å². The predicted octanol–water partition coefficient (Wildman–Crippen LogP) is 1.01. The van der Waals surface area contributed by atoms with Crippen molar-refractivity contribution < 1.29 is 0 Å². The molecular weight excluding hydrogens is 162 g/mol. The SMILES string of the molecule is C=C(C)CNNC1=NC2C=CC1C2. The van der Waals surface area contributed by atoms with E-state index in [0.717, 1.165) is 24.4 Å². The number of amidine groups is 1. The molecule has 0 radical (unpaired) electrons. The third-order valence-corrected chi connectivity index (χ3v) is 2.32. The summed E-state index contributed by atoms with van der Waals surface area (Å²) in [6, 6.07) is 0.430. The van der Waals surface area contributed by atoms with E-state index in [2.05, 4.69) is 34.6 Å². The molecule has 1 aliphatic carbocycles. The van der Waals surface area contributed by atoms with Crippen molar-refractivity contribution in [3.05, 3.63) is 24.3 Å². The van der Waals surface area contributed by atoms with Crippen molar-refractivity contribution in [1.29, 1.82) is 0 Å². The van der Waals surface area contributed by atoms with Crippen LogP contribution in [0.25, 0.3) is 0 Å². The van der Waals surface area contributed by atoms with Gasteiger partial charge in [0.1, 0.15) is 5.84 Å². The summed E-state index contributed by atoms with van der Waals surface area (Å²) in [6.07, 6.45) is 5.55. The van der Waals surface area contributed by atoms with E-state index in [1.807, 2.05) is 6.92 Å². The number of hydrogen-bond donors (Lipinski definition) is 2. The number of fused-ring (bicyclic) bond motifs is 2. The van der Waals surface area contributed by atoms with Gasteiger partial charge < -0.3 is 5.43 Å². The molecular formula is C10H15N3. The van der Waals surface area contributed by atoms with E-state index < -0.39 is 0 Å². The van der Waals surface area contributed by atoms with Crippen LogP contribution in [0.5, 0.6) is 0 Å². The Bertz CT molecular complexity index is 278. The maximum absolute atomic E-state index is 4.48. The lowest BCUT2D eigenvalue weighted by Gasteiger charge is -2.12. The molecule has 0 spiro atoms. The minimum atomic E-state index is 0.430. The summed E-state index contributed by atoms with van der Waals surface area (Å²) < 4.78 is 0. The largest absolute Gasteiger partial charge is 0.309 e. The average Bonchev–Trinajstić information content (AvgIpc) is 2.64. The van der Waals surface area contributed by atoms with Crippen molar-refractivity contribution in [2.24, 2.45) is 10.9 Å². The molecule has 0 aromatic rings. The van der Waals surface area contributed by atoms with Gasteiger partial charge in [0.25, 0.3) is 0 Å². The summed E-state index contributed by atoms with van der Waals surface area (Å²) in [4.78, 5) is 4.48. The van der Waals surface area contributed by atoms with E-state index in [0.29, 0.717) is 12.0 Å². The Kier molecular flexibility index (Phi) is 2.19. The normalized spacial score (nSPS) is 29.2. The Morgan fingerprint density at radius 2 is 2.54 bits per heavy atom. The third-order valence-electron chi connectivity index (χ3n) is 2.32. The van der Waals surface area contributed by atoms with Gasteiger partial charge in [-0.3, -0.25) is 4.99 Å². The number of nitrogens with zero attached hydrogens (tertiary/aromatic N) is 1. The molecule has 3 nitrogen and oxygen atoms in total. The first-order valence-electron chi connectivity index (χ1n) is 4.65. The third kappa shape index (κ3) is 1.80. The summed E-state index contributed by atoms with van der Waals surface area (Å²) in [5, 5.41) is 0. The molecule has 0 amide bonds. The van der Waals surface area contributed by atoms with E-state index in [1.165, 1.54) is 0 Å². The summed E-state index contributed by atoms with van der Waals surface area (Å²) in [7, 11) is 0. The molecule has 2 atom stereocenters. The molecule has 2 unspecified atom stereocenters. The van der Waals surface area contributed by atoms with E-state index in [-0.39, 0.29) is 0 Å². The highest BCUT2D eigenvalue weighted by molar-refractivity contribution is 5.89. The topological polar surface area (TPSA) is 36.4 Å². The second-order valence-corrected chi connectivity index (χ2v) is 3.74. The summed E-state index contributed by atoms with van der Waals surface area (Å²) >= 11 is 0. The number of aliphatic imine (C=N–C) groups is 1. The summed E-state index contributed by atoms with van der Waals surface area (Å²) in [5.41, 5.74) is 7.35. The average molecular weight is 177 g/mol. The lowest BCUT2D eigenvalue weighted by Crippen LogP contribution is -2.40. The van der Waals surface area contributed by atoms with E-state index in [4.69, 9.17) is 0 Å². The number of hydrogen-bond acceptors (Lipinski definition) is 3. The minimum Gasteiger partial charge on any atom is -0.309 e. The molecule has 13 heavy (non-hydrogen) atoms. The van der Waals surface area contributed by atoms with Crippen LogP contribution in [0.1, 0.15) is 13.3 Å². The van der Waals surface area contributed by atoms with Gasteiger partial charge in [-0.2, -0.15) is 0 Å². The van der Waals surface area contributed by atoms with Crippen LogP contribution < -0.4 is 10.9 Å². The van der Waals surface area contributed by atoms with Gasteiger partial charge in [-0.15, -0.1) is 0 Å². The van der Waals surface area contributed by atoms with Crippen LogP contribution in [-0.2, 0) is 0 Å². The van der Waals surface area contributed by atoms with Gasteiger partial charge in [-0.25, -0.2) is 5.43 Å². The van der Waals surface area contributed by atoms with Crippen LogP contribution in [0.2, 0.25) is 0 Å². The maximum Gasteiger partial charge on any atom is 0.118 e. The van der Waals surface area contributed by atoms with E-state index in [9.17, 15) is 0 Å². The van der Waals surface area contributed by atoms with Crippen LogP contribution in [0.4, 0.5) is 0 Å². The van der Waals surface area contributed by atoms with Crippen molar-refractivity contribution in [2.75, 3.05) is 6.54 Å². The molecule has 1 aliphatic heterocycles. The molecule has 0 fully saturated rings. The van der Waals surface area contributed by atoms with E-state index in [1.54, 1.807) is 0 Å². The highest BCUT2D eigenvalue weighted by Crippen LogP contribution is 2.27. The molecule has 0 saturated heterocycles. The van der Waals surface area contributed by atoms with E-state index >= 15 is 0 Å². The van der Waals surface area contributed by atoms with Gasteiger partial charge in [0.05, 0.1) is 6.04 Å². The summed E-state index contributed by atoms with van der Waals surface area (Å²) in [5.74, 6) is 1.59. The van der Waals surface area contributed by atoms with Gasteiger partial charge in [-0.1, -0.05) is 24.3 Å². The molecule has 2 rings (SSSR count). The quantitative estimate of drug-likeness (QED) is 0.498. The standard InChI is InChI=1S/C10H15N3/c1-7(2)6-11-13-10-8-3-4-9(5-8)12-10/h3-4,8-9,11H,1,5-6H2,2H3,(H,12,13).